The minimum Gasteiger partial charge on any atom is -0.493 e. The molecule has 0 aromatic heterocycles. The Morgan fingerprint density at radius 1 is 1.07 bits per heavy atom. The highest BCUT2D eigenvalue weighted by Crippen LogP contribution is 2.28. The lowest BCUT2D eigenvalue weighted by atomic mass is 9.99. The summed E-state index contributed by atoms with van der Waals surface area (Å²) in [6.45, 7) is 5.33. The number of nitrogens with zero attached hydrogens (tertiary/aromatic N) is 1. The van der Waals surface area contributed by atoms with E-state index in [4.69, 9.17) is 9.47 Å². The maximum atomic E-state index is 12.3. The summed E-state index contributed by atoms with van der Waals surface area (Å²) < 4.78 is 10.6. The quantitative estimate of drug-likeness (QED) is 0.715. The number of rotatable bonds is 9. The zero-order valence-corrected chi connectivity index (χ0v) is 16.9. The monoisotopic (exact) mass is 370 g/mol. The molecule has 0 heterocycles. The largest absolute Gasteiger partial charge is 0.493 e. The van der Waals surface area contributed by atoms with Gasteiger partial charge in [-0.25, -0.2) is 0 Å². The Bertz CT molecular complexity index is 744. The Morgan fingerprint density at radius 3 is 2.33 bits per heavy atom. The number of benzene rings is 2. The van der Waals surface area contributed by atoms with Crippen molar-refractivity contribution in [2.75, 3.05) is 33.1 Å². The molecule has 0 spiro atoms. The second-order valence-corrected chi connectivity index (χ2v) is 6.84. The van der Waals surface area contributed by atoms with Gasteiger partial charge >= 0.3 is 0 Å². The van der Waals surface area contributed by atoms with Crippen LogP contribution in [0.2, 0.25) is 0 Å². The molecule has 0 aliphatic rings. The van der Waals surface area contributed by atoms with Crippen LogP contribution in [0, 0.1) is 0 Å². The smallest absolute Gasteiger partial charge is 0.238 e. The molecule has 0 fully saturated rings. The van der Waals surface area contributed by atoms with E-state index >= 15 is 0 Å². The number of methoxy groups -OCH3 is 2. The van der Waals surface area contributed by atoms with E-state index in [1.54, 1.807) is 14.2 Å². The molecule has 146 valence electrons. The maximum Gasteiger partial charge on any atom is 0.238 e. The standard InChI is InChI=1S/C22H30N2O3/c1-6-16(2)18-8-10-19(11-9-18)23-22(25)15-24(3)14-17-7-12-20(26-4)21(13-17)27-5/h7-13,16H,6,14-15H2,1-5H3,(H,23,25)/t16-/m0/s1. The number of likely N-dealkylation sites (N-methyl/N-ethyl adjacent to an activating group) is 1. The van der Waals surface area contributed by atoms with Gasteiger partial charge in [0.15, 0.2) is 11.5 Å². The fraction of sp³-hybridized carbons (Fsp3) is 0.409. The minimum atomic E-state index is -0.0331. The molecule has 0 radical (unpaired) electrons. The molecule has 2 rings (SSSR count). The van der Waals surface area contributed by atoms with Crippen molar-refractivity contribution in [3.63, 3.8) is 0 Å². The zero-order chi connectivity index (χ0) is 19.8. The van der Waals surface area contributed by atoms with Gasteiger partial charge in [-0.2, -0.15) is 0 Å². The van der Waals surface area contributed by atoms with Gasteiger partial charge < -0.3 is 14.8 Å². The minimum absolute atomic E-state index is 0.0331. The van der Waals surface area contributed by atoms with E-state index in [-0.39, 0.29) is 5.91 Å². The van der Waals surface area contributed by atoms with Crippen molar-refractivity contribution in [1.29, 1.82) is 0 Å². The number of hydrogen-bond donors (Lipinski definition) is 1. The van der Waals surface area contributed by atoms with Crippen LogP contribution >= 0.6 is 0 Å². The van der Waals surface area contributed by atoms with Gasteiger partial charge in [-0.1, -0.05) is 32.0 Å². The number of carbonyl (C=O) groups is 1. The van der Waals surface area contributed by atoms with Crippen LogP contribution in [0.5, 0.6) is 11.5 Å². The first-order chi connectivity index (χ1) is 13.0. The molecule has 1 atom stereocenters. The molecule has 0 aliphatic heterocycles. The van der Waals surface area contributed by atoms with Crippen molar-refractivity contribution in [2.24, 2.45) is 0 Å². The molecule has 2 aromatic rings. The van der Waals surface area contributed by atoms with E-state index in [9.17, 15) is 4.79 Å². The van der Waals surface area contributed by atoms with E-state index in [1.807, 2.05) is 42.3 Å². The van der Waals surface area contributed by atoms with E-state index in [0.717, 1.165) is 17.7 Å². The highest BCUT2D eigenvalue weighted by atomic mass is 16.5. The SMILES string of the molecule is CC[C@H](C)c1ccc(NC(=O)CN(C)Cc2ccc(OC)c(OC)c2)cc1. The van der Waals surface area contributed by atoms with E-state index < -0.39 is 0 Å². The third-order valence-electron chi connectivity index (χ3n) is 4.69. The van der Waals surface area contributed by atoms with Gasteiger partial charge in [-0.05, 0) is 54.8 Å². The van der Waals surface area contributed by atoms with Crippen LogP contribution in [0.1, 0.15) is 37.3 Å². The number of anilines is 1. The Hall–Kier alpha value is -2.53. The Kier molecular flexibility index (Phi) is 7.67. The second-order valence-electron chi connectivity index (χ2n) is 6.84. The highest BCUT2D eigenvalue weighted by Gasteiger charge is 2.10. The third kappa shape index (κ3) is 6.00. The summed E-state index contributed by atoms with van der Waals surface area (Å²) in [6, 6.07) is 13.9. The van der Waals surface area contributed by atoms with Crippen molar-refractivity contribution in [2.45, 2.75) is 32.7 Å². The fourth-order valence-corrected chi connectivity index (χ4v) is 2.92. The predicted molar refractivity (Wildman–Crippen MR) is 110 cm³/mol. The van der Waals surface area contributed by atoms with Gasteiger partial charge in [-0.15, -0.1) is 0 Å². The second kappa shape index (κ2) is 9.97. The number of nitrogens with one attached hydrogen (secondary N) is 1. The molecule has 1 amide bonds. The van der Waals surface area contributed by atoms with Crippen molar-refractivity contribution < 1.29 is 14.3 Å². The number of amides is 1. The van der Waals surface area contributed by atoms with Gasteiger partial charge in [0.25, 0.3) is 0 Å². The van der Waals surface area contributed by atoms with Crippen molar-refractivity contribution in [3.05, 3.63) is 53.6 Å². The molecule has 1 N–H and O–H groups in total. The lowest BCUT2D eigenvalue weighted by Gasteiger charge is -2.18. The average molecular weight is 370 g/mol. The molecule has 0 aliphatic carbocycles. The Labute approximate surface area is 162 Å². The molecule has 5 nitrogen and oxygen atoms in total. The lowest BCUT2D eigenvalue weighted by molar-refractivity contribution is -0.117. The average Bonchev–Trinajstić information content (AvgIpc) is 2.67. The lowest BCUT2D eigenvalue weighted by Crippen LogP contribution is -2.29. The Balaban J connectivity index is 1.90. The van der Waals surface area contributed by atoms with E-state index in [0.29, 0.717) is 30.5 Å². The molecule has 0 saturated heterocycles. The summed E-state index contributed by atoms with van der Waals surface area (Å²) in [4.78, 5) is 14.3. The summed E-state index contributed by atoms with van der Waals surface area (Å²) >= 11 is 0. The summed E-state index contributed by atoms with van der Waals surface area (Å²) in [6.07, 6.45) is 1.10. The van der Waals surface area contributed by atoms with Crippen molar-refractivity contribution in [1.82, 2.24) is 4.90 Å². The molecular weight excluding hydrogens is 340 g/mol. The summed E-state index contributed by atoms with van der Waals surface area (Å²) in [5.41, 5.74) is 3.17. The molecule has 5 heteroatoms. The van der Waals surface area contributed by atoms with Crippen LogP contribution in [0.15, 0.2) is 42.5 Å². The molecule has 0 saturated carbocycles. The topological polar surface area (TPSA) is 50.8 Å². The third-order valence-corrected chi connectivity index (χ3v) is 4.69. The van der Waals surface area contributed by atoms with Crippen molar-refractivity contribution >= 4 is 11.6 Å². The van der Waals surface area contributed by atoms with Crippen LogP contribution in [-0.4, -0.2) is 38.6 Å². The zero-order valence-electron chi connectivity index (χ0n) is 16.9. The predicted octanol–water partition coefficient (Wildman–Crippen LogP) is 4.29. The van der Waals surface area contributed by atoms with Crippen molar-refractivity contribution in [3.8, 4) is 11.5 Å². The van der Waals surface area contributed by atoms with Crippen LogP contribution in [0.4, 0.5) is 5.69 Å². The molecule has 27 heavy (non-hydrogen) atoms. The molecule has 0 unspecified atom stereocenters. The van der Waals surface area contributed by atoms with E-state index in [2.05, 4.69) is 31.3 Å². The number of carbonyl (C=O) groups excluding carboxylic acids is 1. The maximum absolute atomic E-state index is 12.3. The van der Waals surface area contributed by atoms with Crippen LogP contribution in [-0.2, 0) is 11.3 Å². The van der Waals surface area contributed by atoms with Gasteiger partial charge in [0.05, 0.1) is 20.8 Å². The van der Waals surface area contributed by atoms with Gasteiger partial charge in [0, 0.05) is 12.2 Å². The molecule has 0 bridgehead atoms. The molecular formula is C22H30N2O3. The first kappa shape index (κ1) is 20.8. The van der Waals surface area contributed by atoms with Gasteiger partial charge in [-0.3, -0.25) is 9.69 Å². The van der Waals surface area contributed by atoms with Gasteiger partial charge in [0.1, 0.15) is 0 Å². The number of ether oxygens (including phenoxy) is 2. The number of hydrogen-bond acceptors (Lipinski definition) is 4. The Morgan fingerprint density at radius 2 is 1.74 bits per heavy atom. The normalized spacial score (nSPS) is 11.9. The summed E-state index contributed by atoms with van der Waals surface area (Å²) in [5, 5.41) is 2.96. The highest BCUT2D eigenvalue weighted by molar-refractivity contribution is 5.92. The molecule has 2 aromatic carbocycles. The summed E-state index contributed by atoms with van der Waals surface area (Å²) in [7, 11) is 5.15. The van der Waals surface area contributed by atoms with Crippen LogP contribution < -0.4 is 14.8 Å². The first-order valence-electron chi connectivity index (χ1n) is 9.26. The summed E-state index contributed by atoms with van der Waals surface area (Å²) in [5.74, 6) is 1.88. The van der Waals surface area contributed by atoms with Crippen LogP contribution in [0.25, 0.3) is 0 Å². The first-order valence-corrected chi connectivity index (χ1v) is 9.26. The van der Waals surface area contributed by atoms with E-state index in [1.165, 1.54) is 5.56 Å². The van der Waals surface area contributed by atoms with Crippen LogP contribution in [0.3, 0.4) is 0 Å². The fourth-order valence-electron chi connectivity index (χ4n) is 2.92. The van der Waals surface area contributed by atoms with Gasteiger partial charge in [0.2, 0.25) is 5.91 Å².